The molecule has 0 bridgehead atoms. The Bertz CT molecular complexity index is 644. The zero-order valence-corrected chi connectivity index (χ0v) is 12.7. The molecule has 0 saturated heterocycles. The second-order valence-electron chi connectivity index (χ2n) is 4.95. The second-order valence-corrected chi connectivity index (χ2v) is 4.95. The minimum atomic E-state index is 0.691. The average molecular weight is 281 g/mol. The van der Waals surface area contributed by atoms with Crippen LogP contribution in [0.2, 0.25) is 0 Å². The standard InChI is InChI=1S/C18H23N3/c1-3-13-9-5-7-11-15(13)17(19)18(21-20)16-12-8-6-10-14(16)4-2/h5-12,21H,3-4,19-20H2,1-2H3/b18-17-. The summed E-state index contributed by atoms with van der Waals surface area (Å²) in [6, 6.07) is 16.4. The number of rotatable bonds is 5. The van der Waals surface area contributed by atoms with Gasteiger partial charge in [0.2, 0.25) is 0 Å². The third-order valence-electron chi connectivity index (χ3n) is 3.77. The normalized spacial score (nSPS) is 12.0. The van der Waals surface area contributed by atoms with Crippen LogP contribution in [-0.4, -0.2) is 0 Å². The van der Waals surface area contributed by atoms with Crippen molar-refractivity contribution < 1.29 is 0 Å². The van der Waals surface area contributed by atoms with Crippen molar-refractivity contribution >= 4 is 11.4 Å². The van der Waals surface area contributed by atoms with Gasteiger partial charge >= 0.3 is 0 Å². The van der Waals surface area contributed by atoms with Crippen LogP contribution in [0.4, 0.5) is 0 Å². The van der Waals surface area contributed by atoms with E-state index in [1.165, 1.54) is 11.1 Å². The SMILES string of the molecule is CCc1ccccc1/C(N)=C(/NN)c1ccccc1CC. The molecule has 2 rings (SSSR count). The quantitative estimate of drug-likeness (QED) is 0.448. The van der Waals surface area contributed by atoms with E-state index in [0.717, 1.165) is 29.7 Å². The van der Waals surface area contributed by atoms with E-state index in [-0.39, 0.29) is 0 Å². The van der Waals surface area contributed by atoms with Crippen molar-refractivity contribution in [2.24, 2.45) is 11.6 Å². The Morgan fingerprint density at radius 3 is 1.86 bits per heavy atom. The molecule has 0 radical (unpaired) electrons. The second kappa shape index (κ2) is 6.95. The molecule has 0 atom stereocenters. The molecule has 0 fully saturated rings. The fourth-order valence-corrected chi connectivity index (χ4v) is 2.60. The number of aryl methyl sites for hydroxylation is 2. The summed E-state index contributed by atoms with van der Waals surface area (Å²) >= 11 is 0. The van der Waals surface area contributed by atoms with Crippen molar-refractivity contribution in [1.82, 2.24) is 5.43 Å². The molecule has 3 heteroatoms. The lowest BCUT2D eigenvalue weighted by Crippen LogP contribution is -2.24. The molecule has 0 saturated carbocycles. The van der Waals surface area contributed by atoms with Gasteiger partial charge in [-0.1, -0.05) is 62.4 Å². The maximum absolute atomic E-state index is 6.42. The summed E-state index contributed by atoms with van der Waals surface area (Å²) in [7, 11) is 0. The van der Waals surface area contributed by atoms with Gasteiger partial charge in [0, 0.05) is 11.1 Å². The first kappa shape index (κ1) is 15.1. The first-order valence-corrected chi connectivity index (χ1v) is 7.35. The molecule has 3 nitrogen and oxygen atoms in total. The molecule has 0 unspecified atom stereocenters. The van der Waals surface area contributed by atoms with Crippen LogP contribution in [0.5, 0.6) is 0 Å². The topological polar surface area (TPSA) is 64.1 Å². The third kappa shape index (κ3) is 3.09. The Kier molecular flexibility index (Phi) is 5.01. The van der Waals surface area contributed by atoms with E-state index in [4.69, 9.17) is 11.6 Å². The van der Waals surface area contributed by atoms with E-state index < -0.39 is 0 Å². The van der Waals surface area contributed by atoms with Gasteiger partial charge in [-0.05, 0) is 24.0 Å². The smallest absolute Gasteiger partial charge is 0.0798 e. The fraction of sp³-hybridized carbons (Fsp3) is 0.222. The van der Waals surface area contributed by atoms with E-state index in [9.17, 15) is 0 Å². The molecule has 0 aliphatic heterocycles. The van der Waals surface area contributed by atoms with Crippen LogP contribution >= 0.6 is 0 Å². The molecule has 0 aliphatic carbocycles. The maximum Gasteiger partial charge on any atom is 0.0798 e. The minimum Gasteiger partial charge on any atom is -0.397 e. The van der Waals surface area contributed by atoms with Crippen LogP contribution in [0.3, 0.4) is 0 Å². The first-order valence-electron chi connectivity index (χ1n) is 7.35. The van der Waals surface area contributed by atoms with Crippen LogP contribution in [0.1, 0.15) is 36.1 Å². The number of nitrogens with one attached hydrogen (secondary N) is 1. The fourth-order valence-electron chi connectivity index (χ4n) is 2.60. The predicted octanol–water partition coefficient (Wildman–Crippen LogP) is 3.06. The van der Waals surface area contributed by atoms with Gasteiger partial charge in [0.1, 0.15) is 0 Å². The van der Waals surface area contributed by atoms with Gasteiger partial charge in [0.25, 0.3) is 0 Å². The number of hydrogen-bond donors (Lipinski definition) is 3. The lowest BCUT2D eigenvalue weighted by atomic mass is 9.96. The molecular weight excluding hydrogens is 258 g/mol. The van der Waals surface area contributed by atoms with Gasteiger partial charge in [0.15, 0.2) is 0 Å². The van der Waals surface area contributed by atoms with Gasteiger partial charge in [-0.25, -0.2) is 0 Å². The number of hydrazine groups is 1. The van der Waals surface area contributed by atoms with Crippen molar-refractivity contribution in [3.8, 4) is 0 Å². The van der Waals surface area contributed by atoms with Gasteiger partial charge < -0.3 is 11.2 Å². The van der Waals surface area contributed by atoms with Gasteiger partial charge in [0.05, 0.1) is 11.4 Å². The molecule has 21 heavy (non-hydrogen) atoms. The highest BCUT2D eigenvalue weighted by Gasteiger charge is 2.12. The summed E-state index contributed by atoms with van der Waals surface area (Å²) < 4.78 is 0. The molecule has 110 valence electrons. The van der Waals surface area contributed by atoms with Crippen LogP contribution in [0.25, 0.3) is 11.4 Å². The van der Waals surface area contributed by atoms with Crippen LogP contribution in [0.15, 0.2) is 48.5 Å². The van der Waals surface area contributed by atoms with Crippen molar-refractivity contribution in [3.63, 3.8) is 0 Å². The molecule has 0 spiro atoms. The highest BCUT2D eigenvalue weighted by Crippen LogP contribution is 2.25. The van der Waals surface area contributed by atoms with Crippen LogP contribution in [-0.2, 0) is 12.8 Å². The van der Waals surface area contributed by atoms with Crippen LogP contribution in [0, 0.1) is 0 Å². The van der Waals surface area contributed by atoms with Crippen molar-refractivity contribution in [1.29, 1.82) is 0 Å². The van der Waals surface area contributed by atoms with Gasteiger partial charge in [-0.2, -0.15) is 0 Å². The average Bonchev–Trinajstić information content (AvgIpc) is 2.55. The molecule has 0 aromatic heterocycles. The Morgan fingerprint density at radius 1 is 0.857 bits per heavy atom. The lowest BCUT2D eigenvalue weighted by molar-refractivity contribution is 0.979. The third-order valence-corrected chi connectivity index (χ3v) is 3.77. The van der Waals surface area contributed by atoms with Crippen molar-refractivity contribution in [3.05, 3.63) is 70.8 Å². The number of benzene rings is 2. The largest absolute Gasteiger partial charge is 0.397 e. The summed E-state index contributed by atoms with van der Waals surface area (Å²) in [6.07, 6.45) is 1.87. The Balaban J connectivity index is 2.62. The molecule has 0 heterocycles. The first-order chi connectivity index (χ1) is 10.2. The molecule has 2 aromatic rings. The highest BCUT2D eigenvalue weighted by molar-refractivity contribution is 5.89. The minimum absolute atomic E-state index is 0.691. The molecule has 0 aliphatic rings. The summed E-state index contributed by atoms with van der Waals surface area (Å²) in [5, 5.41) is 0. The van der Waals surface area contributed by atoms with E-state index in [0.29, 0.717) is 5.70 Å². The van der Waals surface area contributed by atoms with Gasteiger partial charge in [-0.15, -0.1) is 0 Å². The van der Waals surface area contributed by atoms with E-state index in [1.54, 1.807) is 0 Å². The van der Waals surface area contributed by atoms with Crippen molar-refractivity contribution in [2.45, 2.75) is 26.7 Å². The summed E-state index contributed by atoms with van der Waals surface area (Å²) in [5.74, 6) is 5.77. The number of nitrogens with two attached hydrogens (primary N) is 2. The molecule has 2 aromatic carbocycles. The Labute approximate surface area is 126 Å². The molecule has 0 amide bonds. The zero-order valence-electron chi connectivity index (χ0n) is 12.7. The Morgan fingerprint density at radius 2 is 1.33 bits per heavy atom. The molecule has 5 N–H and O–H groups in total. The molecular formula is C18H23N3. The van der Waals surface area contributed by atoms with E-state index in [1.807, 2.05) is 30.3 Å². The monoisotopic (exact) mass is 281 g/mol. The summed E-state index contributed by atoms with van der Waals surface area (Å²) in [5.41, 5.74) is 15.2. The van der Waals surface area contributed by atoms with E-state index in [2.05, 4.69) is 37.5 Å². The predicted molar refractivity (Wildman–Crippen MR) is 90.0 cm³/mol. The maximum atomic E-state index is 6.42. The van der Waals surface area contributed by atoms with E-state index >= 15 is 0 Å². The van der Waals surface area contributed by atoms with Crippen LogP contribution < -0.4 is 17.0 Å². The lowest BCUT2D eigenvalue weighted by Gasteiger charge is -2.17. The highest BCUT2D eigenvalue weighted by atomic mass is 15.2. The van der Waals surface area contributed by atoms with Crippen molar-refractivity contribution in [2.75, 3.05) is 0 Å². The number of hydrogen-bond acceptors (Lipinski definition) is 3. The zero-order chi connectivity index (χ0) is 15.2. The Hall–Kier alpha value is -2.26. The summed E-state index contributed by atoms with van der Waals surface area (Å²) in [6.45, 7) is 4.25. The summed E-state index contributed by atoms with van der Waals surface area (Å²) in [4.78, 5) is 0. The van der Waals surface area contributed by atoms with Gasteiger partial charge in [-0.3, -0.25) is 5.84 Å².